The summed E-state index contributed by atoms with van der Waals surface area (Å²) in [5.74, 6) is 0. The first-order valence-electron chi connectivity index (χ1n) is 5.11. The highest BCUT2D eigenvalue weighted by atomic mass is 79.9. The lowest BCUT2D eigenvalue weighted by Gasteiger charge is -2.38. The molecule has 0 N–H and O–H groups in total. The number of nitriles is 1. The summed E-state index contributed by atoms with van der Waals surface area (Å²) in [6.45, 7) is 1.81. The smallest absolute Gasteiger partial charge is 0.121 e. The number of nitrogens with zero attached hydrogens (tertiary/aromatic N) is 2. The maximum atomic E-state index is 9.11. The van der Waals surface area contributed by atoms with Crippen molar-refractivity contribution in [2.45, 2.75) is 0 Å². The molecule has 1 aliphatic rings. The molecule has 1 heterocycles. The van der Waals surface area contributed by atoms with Crippen molar-refractivity contribution in [2.75, 3.05) is 31.7 Å². The molecule has 0 saturated carbocycles. The molecular weight excluding hydrogens is 268 g/mol. The molecule has 0 amide bonds. The molecule has 4 heteroatoms. The Morgan fingerprint density at radius 2 is 2.06 bits per heavy atom. The number of benzene rings is 1. The largest absolute Gasteiger partial charge is 0.378 e. The molecule has 1 aromatic carbocycles. The van der Waals surface area contributed by atoms with E-state index in [1.807, 2.05) is 31.3 Å². The van der Waals surface area contributed by atoms with Crippen LogP contribution in [-0.2, 0) is 4.74 Å². The molecule has 2 rings (SSSR count). The van der Waals surface area contributed by atoms with E-state index in [2.05, 4.69) is 26.9 Å². The van der Waals surface area contributed by atoms with Crippen molar-refractivity contribution in [3.63, 3.8) is 0 Å². The lowest BCUT2D eigenvalue weighted by Crippen LogP contribution is -2.49. The quantitative estimate of drug-likeness (QED) is 0.853. The van der Waals surface area contributed by atoms with Gasteiger partial charge in [-0.2, -0.15) is 5.26 Å². The lowest BCUT2D eigenvalue weighted by atomic mass is 9.87. The predicted molar refractivity (Wildman–Crippen MR) is 66.3 cm³/mol. The summed E-state index contributed by atoms with van der Waals surface area (Å²) in [5, 5.41) is 9.11. The van der Waals surface area contributed by atoms with Gasteiger partial charge in [0.15, 0.2) is 0 Å². The summed E-state index contributed by atoms with van der Waals surface area (Å²) < 4.78 is 6.19. The number of halogens is 1. The van der Waals surface area contributed by atoms with Crippen LogP contribution in [0.5, 0.6) is 0 Å². The zero-order chi connectivity index (χ0) is 11.6. The Bertz CT molecular complexity index is 406. The third kappa shape index (κ3) is 2.21. The summed E-state index contributed by atoms with van der Waals surface area (Å²) >= 11 is 3.40. The molecule has 0 atom stereocenters. The molecule has 0 aliphatic carbocycles. The van der Waals surface area contributed by atoms with Crippen LogP contribution in [0.15, 0.2) is 28.7 Å². The second-order valence-electron chi connectivity index (χ2n) is 4.22. The topological polar surface area (TPSA) is 36.3 Å². The van der Waals surface area contributed by atoms with Crippen molar-refractivity contribution in [3.05, 3.63) is 28.7 Å². The van der Waals surface area contributed by atoms with Gasteiger partial charge < -0.3 is 9.64 Å². The van der Waals surface area contributed by atoms with Gasteiger partial charge in [0, 0.05) is 23.8 Å². The maximum Gasteiger partial charge on any atom is 0.121 e. The third-order valence-electron chi connectivity index (χ3n) is 2.80. The Kier molecular flexibility index (Phi) is 3.17. The molecule has 0 unspecified atom stereocenters. The van der Waals surface area contributed by atoms with Gasteiger partial charge in [0.2, 0.25) is 0 Å². The van der Waals surface area contributed by atoms with E-state index < -0.39 is 0 Å². The Balaban J connectivity index is 2.05. The van der Waals surface area contributed by atoms with E-state index in [1.165, 1.54) is 0 Å². The fourth-order valence-corrected chi connectivity index (χ4v) is 2.04. The first-order chi connectivity index (χ1) is 7.65. The van der Waals surface area contributed by atoms with E-state index in [9.17, 15) is 0 Å². The summed E-state index contributed by atoms with van der Waals surface area (Å²) in [6.07, 6.45) is 0. The van der Waals surface area contributed by atoms with Crippen LogP contribution in [0.1, 0.15) is 0 Å². The number of hydrogen-bond acceptors (Lipinski definition) is 3. The minimum absolute atomic E-state index is 0.318. The molecule has 0 spiro atoms. The van der Waals surface area contributed by atoms with Crippen molar-refractivity contribution in [1.82, 2.24) is 0 Å². The van der Waals surface area contributed by atoms with Gasteiger partial charge in [0.1, 0.15) is 5.41 Å². The van der Waals surface area contributed by atoms with Gasteiger partial charge >= 0.3 is 0 Å². The van der Waals surface area contributed by atoms with Crippen LogP contribution in [0.2, 0.25) is 0 Å². The van der Waals surface area contributed by atoms with Crippen molar-refractivity contribution in [1.29, 1.82) is 5.26 Å². The van der Waals surface area contributed by atoms with Crippen molar-refractivity contribution >= 4 is 21.6 Å². The number of ether oxygens (including phenoxy) is 1. The van der Waals surface area contributed by atoms with E-state index >= 15 is 0 Å². The zero-order valence-corrected chi connectivity index (χ0v) is 10.7. The van der Waals surface area contributed by atoms with Gasteiger partial charge in [-0.05, 0) is 24.3 Å². The fraction of sp³-hybridized carbons (Fsp3) is 0.417. The van der Waals surface area contributed by atoms with Gasteiger partial charge in [-0.1, -0.05) is 15.9 Å². The lowest BCUT2D eigenvalue weighted by molar-refractivity contribution is -0.0716. The van der Waals surface area contributed by atoms with Crippen LogP contribution in [0.25, 0.3) is 0 Å². The monoisotopic (exact) mass is 280 g/mol. The second-order valence-corrected chi connectivity index (χ2v) is 5.13. The highest BCUT2D eigenvalue weighted by Crippen LogP contribution is 2.29. The molecule has 1 saturated heterocycles. The SMILES string of the molecule is CN(CC1(C#N)COC1)c1ccc(Br)cc1. The average molecular weight is 281 g/mol. The predicted octanol–water partition coefficient (Wildman–Crippen LogP) is 2.43. The number of anilines is 1. The van der Waals surface area contributed by atoms with Gasteiger partial charge in [-0.3, -0.25) is 0 Å². The number of rotatable bonds is 3. The molecule has 0 aromatic heterocycles. The van der Waals surface area contributed by atoms with E-state index in [1.54, 1.807) is 0 Å². The van der Waals surface area contributed by atoms with Gasteiger partial charge in [-0.15, -0.1) is 0 Å². The minimum Gasteiger partial charge on any atom is -0.378 e. The van der Waals surface area contributed by atoms with Gasteiger partial charge in [-0.25, -0.2) is 0 Å². The van der Waals surface area contributed by atoms with Crippen molar-refractivity contribution in [2.24, 2.45) is 5.41 Å². The highest BCUT2D eigenvalue weighted by Gasteiger charge is 2.40. The summed E-state index contributed by atoms with van der Waals surface area (Å²) in [5.41, 5.74) is 0.798. The Hall–Kier alpha value is -1.05. The van der Waals surface area contributed by atoms with Gasteiger partial charge in [0.25, 0.3) is 0 Å². The van der Waals surface area contributed by atoms with Crippen LogP contribution in [0.3, 0.4) is 0 Å². The van der Waals surface area contributed by atoms with Crippen molar-refractivity contribution in [3.8, 4) is 6.07 Å². The number of hydrogen-bond donors (Lipinski definition) is 0. The Labute approximate surface area is 104 Å². The molecule has 1 fully saturated rings. The second kappa shape index (κ2) is 4.44. The Morgan fingerprint density at radius 3 is 2.50 bits per heavy atom. The van der Waals surface area contributed by atoms with E-state index in [-0.39, 0.29) is 5.41 Å². The first-order valence-corrected chi connectivity index (χ1v) is 5.90. The Morgan fingerprint density at radius 1 is 1.44 bits per heavy atom. The van der Waals surface area contributed by atoms with E-state index in [0.29, 0.717) is 19.8 Å². The third-order valence-corrected chi connectivity index (χ3v) is 3.33. The average Bonchev–Trinajstić information content (AvgIpc) is 2.24. The van der Waals surface area contributed by atoms with Crippen LogP contribution in [0.4, 0.5) is 5.69 Å². The van der Waals surface area contributed by atoms with Crippen LogP contribution < -0.4 is 4.90 Å². The molecular formula is C12H13BrN2O. The molecule has 0 bridgehead atoms. The van der Waals surface area contributed by atoms with Crippen LogP contribution >= 0.6 is 15.9 Å². The maximum absolute atomic E-state index is 9.11. The standard InChI is InChI=1S/C12H13BrN2O/c1-15(7-12(6-14)8-16-9-12)11-4-2-10(13)3-5-11/h2-5H,7-9H2,1H3. The molecule has 0 radical (unpaired) electrons. The summed E-state index contributed by atoms with van der Waals surface area (Å²) in [6, 6.07) is 10.4. The zero-order valence-electron chi connectivity index (χ0n) is 9.11. The van der Waals surface area contributed by atoms with E-state index in [4.69, 9.17) is 10.00 Å². The minimum atomic E-state index is -0.318. The highest BCUT2D eigenvalue weighted by molar-refractivity contribution is 9.10. The summed E-state index contributed by atoms with van der Waals surface area (Å²) in [7, 11) is 2.00. The molecule has 1 aromatic rings. The van der Waals surface area contributed by atoms with Crippen LogP contribution in [-0.4, -0.2) is 26.8 Å². The first kappa shape index (κ1) is 11.4. The molecule has 16 heavy (non-hydrogen) atoms. The molecule has 84 valence electrons. The van der Waals surface area contributed by atoms with Crippen molar-refractivity contribution < 1.29 is 4.74 Å². The fourth-order valence-electron chi connectivity index (χ4n) is 1.78. The normalized spacial score (nSPS) is 17.3. The molecule has 3 nitrogen and oxygen atoms in total. The molecule has 1 aliphatic heterocycles. The van der Waals surface area contributed by atoms with Gasteiger partial charge in [0.05, 0.1) is 19.3 Å². The summed E-state index contributed by atoms with van der Waals surface area (Å²) in [4.78, 5) is 2.10. The van der Waals surface area contributed by atoms with Crippen LogP contribution in [0, 0.1) is 16.7 Å². The van der Waals surface area contributed by atoms with E-state index in [0.717, 1.165) is 10.2 Å².